The zero-order valence-electron chi connectivity index (χ0n) is 11.4. The Morgan fingerprint density at radius 2 is 1.62 bits per heavy atom. The highest BCUT2D eigenvalue weighted by molar-refractivity contribution is 5.95. The van der Waals surface area contributed by atoms with Crippen LogP contribution in [-0.4, -0.2) is 11.9 Å². The van der Waals surface area contributed by atoms with Gasteiger partial charge in [-0.25, -0.2) is 0 Å². The molecule has 0 aromatic heterocycles. The molecule has 0 fully saturated rings. The predicted octanol–water partition coefficient (Wildman–Crippen LogP) is 3.14. The summed E-state index contributed by atoms with van der Waals surface area (Å²) < 4.78 is 0. The Morgan fingerprint density at radius 3 is 2.00 bits per heavy atom. The second-order valence-corrected chi connectivity index (χ2v) is 5.78. The number of carbonyl (C=O) groups is 1. The van der Waals surface area contributed by atoms with Crippen LogP contribution >= 0.6 is 0 Å². The number of hydrogen-bond donors (Lipinski definition) is 1. The van der Waals surface area contributed by atoms with Crippen molar-refractivity contribution in [3.05, 3.63) is 11.1 Å². The summed E-state index contributed by atoms with van der Waals surface area (Å²) in [5, 5.41) is 3.14. The van der Waals surface area contributed by atoms with E-state index in [2.05, 4.69) is 46.9 Å². The molecule has 0 bridgehead atoms. The van der Waals surface area contributed by atoms with Crippen LogP contribution in [0.25, 0.3) is 0 Å². The molecule has 1 aliphatic heterocycles. The third-order valence-electron chi connectivity index (χ3n) is 3.43. The first-order chi connectivity index (χ1) is 7.34. The van der Waals surface area contributed by atoms with Gasteiger partial charge in [-0.05, 0) is 24.2 Å². The van der Waals surface area contributed by atoms with Gasteiger partial charge < -0.3 is 5.32 Å². The monoisotopic (exact) mass is 223 g/mol. The smallest absolute Gasteiger partial charge is 0.247 e. The van der Waals surface area contributed by atoms with E-state index >= 15 is 0 Å². The SMILES string of the molecule is CC(C)C1=C(C(C)C)C(=O)NC(C(C)C)C1. The first-order valence-electron chi connectivity index (χ1n) is 6.38. The van der Waals surface area contributed by atoms with Crippen LogP contribution in [0.3, 0.4) is 0 Å². The van der Waals surface area contributed by atoms with Gasteiger partial charge in [-0.1, -0.05) is 47.1 Å². The topological polar surface area (TPSA) is 29.1 Å². The van der Waals surface area contributed by atoms with Gasteiger partial charge in [0.05, 0.1) is 0 Å². The molecule has 0 aliphatic carbocycles. The Hall–Kier alpha value is -0.790. The molecule has 1 rings (SSSR count). The molecule has 0 aromatic rings. The average Bonchev–Trinajstić information content (AvgIpc) is 2.15. The maximum absolute atomic E-state index is 12.1. The molecule has 1 amide bonds. The molecule has 1 aliphatic rings. The van der Waals surface area contributed by atoms with E-state index in [-0.39, 0.29) is 5.91 Å². The number of hydrogen-bond acceptors (Lipinski definition) is 1. The summed E-state index contributed by atoms with van der Waals surface area (Å²) in [5.41, 5.74) is 2.38. The van der Waals surface area contributed by atoms with E-state index in [4.69, 9.17) is 0 Å². The molecule has 0 aromatic carbocycles. The Kier molecular flexibility index (Phi) is 4.17. The van der Waals surface area contributed by atoms with Gasteiger partial charge in [-0.15, -0.1) is 0 Å². The van der Waals surface area contributed by atoms with Gasteiger partial charge in [0.2, 0.25) is 5.91 Å². The lowest BCUT2D eigenvalue weighted by atomic mass is 9.81. The molecular formula is C14H25NO. The second kappa shape index (κ2) is 5.03. The molecule has 1 N–H and O–H groups in total. The van der Waals surface area contributed by atoms with Crippen LogP contribution in [0.5, 0.6) is 0 Å². The van der Waals surface area contributed by atoms with E-state index in [9.17, 15) is 4.79 Å². The van der Waals surface area contributed by atoms with Crippen LogP contribution < -0.4 is 5.32 Å². The second-order valence-electron chi connectivity index (χ2n) is 5.78. The molecule has 2 heteroatoms. The van der Waals surface area contributed by atoms with Gasteiger partial charge in [0.1, 0.15) is 0 Å². The van der Waals surface area contributed by atoms with Crippen molar-refractivity contribution in [2.75, 3.05) is 0 Å². The summed E-state index contributed by atoms with van der Waals surface area (Å²) in [7, 11) is 0. The van der Waals surface area contributed by atoms with Gasteiger partial charge in [-0.3, -0.25) is 4.79 Å². The lowest BCUT2D eigenvalue weighted by Crippen LogP contribution is -2.45. The van der Waals surface area contributed by atoms with Crippen molar-refractivity contribution in [1.82, 2.24) is 5.32 Å². The van der Waals surface area contributed by atoms with Crippen LogP contribution in [0.1, 0.15) is 48.0 Å². The standard InChI is InChI=1S/C14H25NO/c1-8(2)11-7-12(9(3)4)15-14(16)13(11)10(5)6/h8-10,12H,7H2,1-6H3,(H,15,16). The Balaban J connectivity index is 3.07. The summed E-state index contributed by atoms with van der Waals surface area (Å²) in [6, 6.07) is 0.312. The van der Waals surface area contributed by atoms with Gasteiger partial charge in [0.15, 0.2) is 0 Å². The van der Waals surface area contributed by atoms with Crippen LogP contribution in [-0.2, 0) is 4.79 Å². The average molecular weight is 223 g/mol. The largest absolute Gasteiger partial charge is 0.349 e. The molecule has 0 saturated carbocycles. The van der Waals surface area contributed by atoms with Crippen molar-refractivity contribution < 1.29 is 4.79 Å². The third kappa shape index (κ3) is 2.66. The summed E-state index contributed by atoms with van der Waals surface area (Å²) in [4.78, 5) is 12.1. The first kappa shape index (κ1) is 13.3. The predicted molar refractivity (Wildman–Crippen MR) is 68.1 cm³/mol. The maximum atomic E-state index is 12.1. The minimum atomic E-state index is 0.156. The molecule has 1 atom stereocenters. The van der Waals surface area contributed by atoms with E-state index in [1.807, 2.05) is 0 Å². The minimum absolute atomic E-state index is 0.156. The van der Waals surface area contributed by atoms with Crippen LogP contribution in [0, 0.1) is 17.8 Å². The molecule has 92 valence electrons. The fourth-order valence-electron chi connectivity index (χ4n) is 2.37. The summed E-state index contributed by atoms with van der Waals surface area (Å²) >= 11 is 0. The summed E-state index contributed by atoms with van der Waals surface area (Å²) in [5.74, 6) is 1.46. The normalized spacial score (nSPS) is 22.3. The maximum Gasteiger partial charge on any atom is 0.247 e. The molecule has 1 unspecified atom stereocenters. The van der Waals surface area contributed by atoms with Crippen molar-refractivity contribution in [2.24, 2.45) is 17.8 Å². The van der Waals surface area contributed by atoms with Gasteiger partial charge in [0, 0.05) is 11.6 Å². The van der Waals surface area contributed by atoms with E-state index in [1.54, 1.807) is 0 Å². The van der Waals surface area contributed by atoms with Gasteiger partial charge in [0.25, 0.3) is 0 Å². The molecule has 0 saturated heterocycles. The number of rotatable bonds is 3. The number of nitrogens with one attached hydrogen (secondary N) is 1. The fourth-order valence-corrected chi connectivity index (χ4v) is 2.37. The van der Waals surface area contributed by atoms with Crippen molar-refractivity contribution in [3.8, 4) is 0 Å². The van der Waals surface area contributed by atoms with Crippen LogP contribution in [0.2, 0.25) is 0 Å². The van der Waals surface area contributed by atoms with Crippen molar-refractivity contribution in [3.63, 3.8) is 0 Å². The summed E-state index contributed by atoms with van der Waals surface area (Å²) in [6.45, 7) is 12.9. The van der Waals surface area contributed by atoms with Crippen LogP contribution in [0.15, 0.2) is 11.1 Å². The van der Waals surface area contributed by atoms with E-state index in [1.165, 1.54) is 5.57 Å². The van der Waals surface area contributed by atoms with E-state index in [0.717, 1.165) is 12.0 Å². The van der Waals surface area contributed by atoms with Crippen LogP contribution in [0.4, 0.5) is 0 Å². The highest BCUT2D eigenvalue weighted by atomic mass is 16.1. The fraction of sp³-hybridized carbons (Fsp3) is 0.786. The van der Waals surface area contributed by atoms with Gasteiger partial charge in [-0.2, -0.15) is 0 Å². The Morgan fingerprint density at radius 1 is 1.06 bits per heavy atom. The van der Waals surface area contributed by atoms with E-state index < -0.39 is 0 Å². The van der Waals surface area contributed by atoms with Crippen molar-refractivity contribution in [1.29, 1.82) is 0 Å². The molecule has 1 heterocycles. The quantitative estimate of drug-likeness (QED) is 0.782. The van der Waals surface area contributed by atoms with Gasteiger partial charge >= 0.3 is 0 Å². The third-order valence-corrected chi connectivity index (χ3v) is 3.43. The molecule has 16 heavy (non-hydrogen) atoms. The lowest BCUT2D eigenvalue weighted by molar-refractivity contribution is -0.119. The zero-order valence-corrected chi connectivity index (χ0v) is 11.4. The molecule has 2 nitrogen and oxygen atoms in total. The Labute approximate surface area is 99.5 Å². The summed E-state index contributed by atoms with van der Waals surface area (Å²) in [6.07, 6.45) is 1.02. The number of amides is 1. The highest BCUT2D eigenvalue weighted by Gasteiger charge is 2.30. The number of carbonyl (C=O) groups excluding carboxylic acids is 1. The van der Waals surface area contributed by atoms with Crippen molar-refractivity contribution in [2.45, 2.75) is 54.0 Å². The molecule has 0 spiro atoms. The molecule has 0 radical (unpaired) electrons. The highest BCUT2D eigenvalue weighted by Crippen LogP contribution is 2.30. The molecular weight excluding hydrogens is 198 g/mol. The van der Waals surface area contributed by atoms with Crippen molar-refractivity contribution >= 4 is 5.91 Å². The van der Waals surface area contributed by atoms with E-state index in [0.29, 0.717) is 23.8 Å². The zero-order chi connectivity index (χ0) is 12.5. The first-order valence-corrected chi connectivity index (χ1v) is 6.38. The minimum Gasteiger partial charge on any atom is -0.349 e. The lowest BCUT2D eigenvalue weighted by Gasteiger charge is -2.33. The Bertz CT molecular complexity index is 300.